The summed E-state index contributed by atoms with van der Waals surface area (Å²) >= 11 is 1.40. The fourth-order valence-electron chi connectivity index (χ4n) is 4.08. The molecule has 0 spiro atoms. The molecule has 2 aliphatic rings. The smallest absolute Gasteiger partial charge is 0.252 e. The van der Waals surface area contributed by atoms with E-state index in [9.17, 15) is 9.59 Å². The number of thioether (sulfide) groups is 1. The fourth-order valence-corrected chi connectivity index (χ4v) is 4.80. The molecule has 2 amide bonds. The number of rotatable bonds is 6. The summed E-state index contributed by atoms with van der Waals surface area (Å²) in [6.45, 7) is 4.50. The van der Waals surface area contributed by atoms with Crippen LogP contribution in [0, 0.1) is 11.8 Å². The van der Waals surface area contributed by atoms with E-state index in [4.69, 9.17) is 0 Å². The van der Waals surface area contributed by atoms with Crippen molar-refractivity contribution >= 4 is 34.5 Å². The van der Waals surface area contributed by atoms with Crippen molar-refractivity contribution < 1.29 is 9.59 Å². The van der Waals surface area contributed by atoms with E-state index < -0.39 is 0 Å². The Morgan fingerprint density at radius 3 is 2.69 bits per heavy atom. The van der Waals surface area contributed by atoms with Crippen LogP contribution in [0.4, 0.5) is 0 Å². The molecule has 1 heterocycles. The van der Waals surface area contributed by atoms with Gasteiger partial charge in [-0.25, -0.2) is 4.98 Å². The summed E-state index contributed by atoms with van der Waals surface area (Å²) < 4.78 is 0. The van der Waals surface area contributed by atoms with Gasteiger partial charge < -0.3 is 10.6 Å². The topological polar surface area (TPSA) is 71.1 Å². The van der Waals surface area contributed by atoms with E-state index in [0.717, 1.165) is 30.2 Å². The number of para-hydroxylation sites is 1. The van der Waals surface area contributed by atoms with E-state index in [2.05, 4.69) is 29.5 Å². The maximum absolute atomic E-state index is 12.7. The van der Waals surface area contributed by atoms with Gasteiger partial charge in [0.2, 0.25) is 5.91 Å². The Labute approximate surface area is 176 Å². The van der Waals surface area contributed by atoms with Crippen LogP contribution in [0.5, 0.6) is 0 Å². The predicted molar refractivity (Wildman–Crippen MR) is 117 cm³/mol. The highest BCUT2D eigenvalue weighted by Crippen LogP contribution is 2.30. The maximum Gasteiger partial charge on any atom is 0.252 e. The third-order valence-electron chi connectivity index (χ3n) is 6.25. The van der Waals surface area contributed by atoms with E-state index in [1.54, 1.807) is 0 Å². The molecule has 2 saturated carbocycles. The quantitative estimate of drug-likeness (QED) is 0.700. The Morgan fingerprint density at radius 1 is 1.10 bits per heavy atom. The van der Waals surface area contributed by atoms with Gasteiger partial charge in [-0.2, -0.15) is 0 Å². The van der Waals surface area contributed by atoms with E-state index in [-0.39, 0.29) is 17.9 Å². The minimum atomic E-state index is -0.0533. The predicted octanol–water partition coefficient (Wildman–Crippen LogP) is 4.16. The summed E-state index contributed by atoms with van der Waals surface area (Å²) in [4.78, 5) is 29.9. The van der Waals surface area contributed by atoms with Crippen molar-refractivity contribution in [1.82, 2.24) is 15.6 Å². The van der Waals surface area contributed by atoms with Gasteiger partial charge in [-0.15, -0.1) is 0 Å². The van der Waals surface area contributed by atoms with Gasteiger partial charge in [-0.05, 0) is 43.2 Å². The average Bonchev–Trinajstić information content (AvgIpc) is 3.53. The molecule has 4 rings (SSSR count). The summed E-state index contributed by atoms with van der Waals surface area (Å²) in [6.07, 6.45) is 5.58. The zero-order valence-corrected chi connectivity index (χ0v) is 17.9. The van der Waals surface area contributed by atoms with Gasteiger partial charge in [0.05, 0.1) is 21.9 Å². The van der Waals surface area contributed by atoms with Crippen molar-refractivity contribution in [2.45, 2.75) is 63.1 Å². The van der Waals surface area contributed by atoms with Crippen LogP contribution in [0.25, 0.3) is 10.9 Å². The third kappa shape index (κ3) is 4.92. The van der Waals surface area contributed by atoms with E-state index in [0.29, 0.717) is 34.2 Å². The van der Waals surface area contributed by atoms with E-state index >= 15 is 0 Å². The van der Waals surface area contributed by atoms with Crippen molar-refractivity contribution in [2.24, 2.45) is 11.8 Å². The lowest BCUT2D eigenvalue weighted by Gasteiger charge is -2.34. The van der Waals surface area contributed by atoms with Gasteiger partial charge in [-0.3, -0.25) is 9.59 Å². The number of amides is 2. The lowest BCUT2D eigenvalue weighted by Crippen LogP contribution is -2.44. The molecule has 2 fully saturated rings. The standard InChI is InChI=1S/C23H29N3O2S/c1-14-6-5-9-19(15(14)2)25-21(27)13-29-22-12-18(23(28)24-16-10-11-16)17-7-3-4-8-20(17)26-22/h3-4,7-8,12,14-16,19H,5-6,9-11,13H2,1-2H3,(H,24,28)(H,25,27). The molecule has 3 atom stereocenters. The first-order valence-corrected chi connectivity index (χ1v) is 11.6. The molecule has 0 bridgehead atoms. The second-order valence-electron chi connectivity index (χ2n) is 8.50. The van der Waals surface area contributed by atoms with Crippen LogP contribution < -0.4 is 10.6 Å². The van der Waals surface area contributed by atoms with E-state index in [1.165, 1.54) is 24.6 Å². The highest BCUT2D eigenvalue weighted by Gasteiger charge is 2.28. The molecule has 3 unspecified atom stereocenters. The van der Waals surface area contributed by atoms with Crippen LogP contribution >= 0.6 is 11.8 Å². The highest BCUT2D eigenvalue weighted by molar-refractivity contribution is 7.99. The van der Waals surface area contributed by atoms with Crippen LogP contribution in [0.3, 0.4) is 0 Å². The van der Waals surface area contributed by atoms with Gasteiger partial charge in [0.1, 0.15) is 0 Å². The second kappa shape index (κ2) is 8.74. The fraction of sp³-hybridized carbons (Fsp3) is 0.522. The molecule has 1 aromatic heterocycles. The molecule has 1 aromatic carbocycles. The number of hydrogen-bond acceptors (Lipinski definition) is 4. The first-order valence-electron chi connectivity index (χ1n) is 10.6. The van der Waals surface area contributed by atoms with Gasteiger partial charge >= 0.3 is 0 Å². The lowest BCUT2D eigenvalue weighted by molar-refractivity contribution is -0.120. The molecule has 29 heavy (non-hydrogen) atoms. The van der Waals surface area contributed by atoms with Crippen LogP contribution in [-0.2, 0) is 4.79 Å². The number of pyridine rings is 1. The third-order valence-corrected chi connectivity index (χ3v) is 7.17. The molecule has 0 aliphatic heterocycles. The van der Waals surface area contributed by atoms with Crippen LogP contribution in [0.1, 0.15) is 56.3 Å². The Bertz CT molecular complexity index is 912. The Kier molecular flexibility index (Phi) is 6.09. The average molecular weight is 412 g/mol. The zero-order valence-electron chi connectivity index (χ0n) is 17.1. The minimum Gasteiger partial charge on any atom is -0.352 e. The molecule has 2 aliphatic carbocycles. The number of aromatic nitrogens is 1. The van der Waals surface area contributed by atoms with Gasteiger partial charge in [0, 0.05) is 17.5 Å². The number of hydrogen-bond donors (Lipinski definition) is 2. The second-order valence-corrected chi connectivity index (χ2v) is 9.50. The van der Waals surface area contributed by atoms with Gasteiger partial charge in [-0.1, -0.05) is 56.7 Å². The number of fused-ring (bicyclic) bond motifs is 1. The van der Waals surface area contributed by atoms with Gasteiger partial charge in [0.15, 0.2) is 0 Å². The van der Waals surface area contributed by atoms with Crippen molar-refractivity contribution in [3.8, 4) is 0 Å². The lowest BCUT2D eigenvalue weighted by atomic mass is 9.78. The number of nitrogens with one attached hydrogen (secondary N) is 2. The molecule has 5 nitrogen and oxygen atoms in total. The molecular weight excluding hydrogens is 382 g/mol. The first-order chi connectivity index (χ1) is 14.0. The van der Waals surface area contributed by atoms with Crippen molar-refractivity contribution in [2.75, 3.05) is 5.75 Å². The van der Waals surface area contributed by atoms with Crippen molar-refractivity contribution in [1.29, 1.82) is 0 Å². The SMILES string of the molecule is CC1CCCC(NC(=O)CSc2cc(C(=O)NC3CC3)c3ccccc3n2)C1C. The minimum absolute atomic E-state index is 0.0416. The Balaban J connectivity index is 1.44. The molecule has 154 valence electrons. The maximum atomic E-state index is 12.7. The van der Waals surface area contributed by atoms with Crippen LogP contribution in [0.15, 0.2) is 35.4 Å². The first kappa shape index (κ1) is 20.2. The largest absolute Gasteiger partial charge is 0.352 e. The highest BCUT2D eigenvalue weighted by atomic mass is 32.2. The molecule has 0 saturated heterocycles. The normalized spacial score (nSPS) is 24.3. The Hall–Kier alpha value is -2.08. The molecular formula is C23H29N3O2S. The van der Waals surface area contributed by atoms with Crippen LogP contribution in [-0.4, -0.2) is 34.6 Å². The van der Waals surface area contributed by atoms with Crippen LogP contribution in [0.2, 0.25) is 0 Å². The van der Waals surface area contributed by atoms with Crippen molar-refractivity contribution in [3.05, 3.63) is 35.9 Å². The zero-order chi connectivity index (χ0) is 20.4. The molecule has 2 aromatic rings. The number of nitrogens with zero attached hydrogens (tertiary/aromatic N) is 1. The van der Waals surface area contributed by atoms with E-state index in [1.807, 2.05) is 30.3 Å². The summed E-state index contributed by atoms with van der Waals surface area (Å²) in [5.41, 5.74) is 1.42. The summed E-state index contributed by atoms with van der Waals surface area (Å²) in [5.74, 6) is 1.46. The number of carbonyl (C=O) groups excluding carboxylic acids is 2. The Morgan fingerprint density at radius 2 is 1.90 bits per heavy atom. The molecule has 6 heteroatoms. The molecule has 0 radical (unpaired) electrons. The summed E-state index contributed by atoms with van der Waals surface area (Å²) in [5, 5.41) is 7.84. The number of benzene rings is 1. The van der Waals surface area contributed by atoms with Gasteiger partial charge in [0.25, 0.3) is 5.91 Å². The molecule has 2 N–H and O–H groups in total. The monoisotopic (exact) mass is 411 g/mol. The number of carbonyl (C=O) groups is 2. The summed E-state index contributed by atoms with van der Waals surface area (Å²) in [7, 11) is 0. The summed E-state index contributed by atoms with van der Waals surface area (Å²) in [6, 6.07) is 10.1. The van der Waals surface area contributed by atoms with Crippen molar-refractivity contribution in [3.63, 3.8) is 0 Å².